The Balaban J connectivity index is 1.91. The average Bonchev–Trinajstić information content (AvgIpc) is 2.82. The number of rotatable bonds is 3. The molecule has 2 aromatic rings. The Hall–Kier alpha value is -1.55. The number of imidazole rings is 1. The predicted molar refractivity (Wildman–Crippen MR) is 76.7 cm³/mol. The van der Waals surface area contributed by atoms with Crippen LogP contribution in [0.25, 0.3) is 11.0 Å². The van der Waals surface area contributed by atoms with Gasteiger partial charge in [-0.05, 0) is 31.0 Å². The van der Waals surface area contributed by atoms with Gasteiger partial charge in [-0.2, -0.15) is 0 Å². The van der Waals surface area contributed by atoms with Crippen molar-refractivity contribution >= 4 is 16.7 Å². The number of aliphatic hydroxyl groups is 1. The zero-order valence-corrected chi connectivity index (χ0v) is 11.2. The van der Waals surface area contributed by atoms with E-state index in [2.05, 4.69) is 9.55 Å². The number of hydrogen-bond acceptors (Lipinski definition) is 3. The lowest BCUT2D eigenvalue weighted by Gasteiger charge is -2.36. The van der Waals surface area contributed by atoms with Gasteiger partial charge in [-0.1, -0.05) is 19.3 Å². The van der Waals surface area contributed by atoms with Crippen LogP contribution in [0.15, 0.2) is 24.5 Å². The summed E-state index contributed by atoms with van der Waals surface area (Å²) in [4.78, 5) is 4.41. The highest BCUT2D eigenvalue weighted by atomic mass is 16.3. The monoisotopic (exact) mass is 259 g/mol. The minimum Gasteiger partial charge on any atom is -0.399 e. The van der Waals surface area contributed by atoms with E-state index in [9.17, 15) is 5.11 Å². The molecule has 0 radical (unpaired) electrons. The second-order valence-corrected chi connectivity index (χ2v) is 5.84. The first kappa shape index (κ1) is 12.5. The topological polar surface area (TPSA) is 64.1 Å². The SMILES string of the molecule is Nc1ccc2c(c1)ncn2CC1(CO)CCCCC1. The van der Waals surface area contributed by atoms with Gasteiger partial charge >= 0.3 is 0 Å². The number of aromatic nitrogens is 2. The number of aliphatic hydroxyl groups excluding tert-OH is 1. The summed E-state index contributed by atoms with van der Waals surface area (Å²) in [6.45, 7) is 1.12. The van der Waals surface area contributed by atoms with Gasteiger partial charge in [0.1, 0.15) is 0 Å². The van der Waals surface area contributed by atoms with Crippen LogP contribution in [-0.4, -0.2) is 21.3 Å². The fourth-order valence-electron chi connectivity index (χ4n) is 3.24. The van der Waals surface area contributed by atoms with Crippen molar-refractivity contribution in [3.05, 3.63) is 24.5 Å². The van der Waals surface area contributed by atoms with Gasteiger partial charge in [-0.25, -0.2) is 4.98 Å². The van der Waals surface area contributed by atoms with Gasteiger partial charge in [0.05, 0.1) is 24.0 Å². The van der Waals surface area contributed by atoms with Crippen LogP contribution < -0.4 is 5.73 Å². The first-order chi connectivity index (χ1) is 9.22. The molecule has 3 rings (SSSR count). The fourth-order valence-corrected chi connectivity index (χ4v) is 3.24. The molecule has 1 aromatic carbocycles. The van der Waals surface area contributed by atoms with Crippen LogP contribution in [0.2, 0.25) is 0 Å². The van der Waals surface area contributed by atoms with Crippen molar-refractivity contribution in [2.45, 2.75) is 38.6 Å². The van der Waals surface area contributed by atoms with E-state index in [0.717, 1.165) is 36.1 Å². The summed E-state index contributed by atoms with van der Waals surface area (Å²) in [5, 5.41) is 9.80. The molecule has 3 N–H and O–H groups in total. The summed E-state index contributed by atoms with van der Waals surface area (Å²) in [5.74, 6) is 0. The van der Waals surface area contributed by atoms with Crippen LogP contribution in [0, 0.1) is 5.41 Å². The van der Waals surface area contributed by atoms with Crippen molar-refractivity contribution < 1.29 is 5.11 Å². The summed E-state index contributed by atoms with van der Waals surface area (Å²) in [6.07, 6.45) is 7.83. The smallest absolute Gasteiger partial charge is 0.0958 e. The molecule has 0 atom stereocenters. The number of nitrogens with zero attached hydrogens (tertiary/aromatic N) is 2. The van der Waals surface area contributed by atoms with Crippen molar-refractivity contribution in [1.82, 2.24) is 9.55 Å². The summed E-state index contributed by atoms with van der Waals surface area (Å²) in [5.41, 5.74) is 8.60. The second-order valence-electron chi connectivity index (χ2n) is 5.84. The van der Waals surface area contributed by atoms with E-state index in [1.54, 1.807) is 0 Å². The van der Waals surface area contributed by atoms with Gasteiger partial charge in [0.15, 0.2) is 0 Å². The minimum atomic E-state index is 0.0350. The highest BCUT2D eigenvalue weighted by Gasteiger charge is 2.32. The molecule has 1 aromatic heterocycles. The molecule has 19 heavy (non-hydrogen) atoms. The Kier molecular flexibility index (Phi) is 3.19. The normalized spacial score (nSPS) is 18.8. The van der Waals surface area contributed by atoms with Crippen molar-refractivity contribution in [2.24, 2.45) is 5.41 Å². The molecule has 102 valence electrons. The Bertz CT molecular complexity index is 570. The van der Waals surface area contributed by atoms with E-state index >= 15 is 0 Å². The highest BCUT2D eigenvalue weighted by Crippen LogP contribution is 2.38. The van der Waals surface area contributed by atoms with E-state index in [1.165, 1.54) is 19.3 Å². The lowest BCUT2D eigenvalue weighted by Crippen LogP contribution is -2.33. The molecular formula is C15H21N3O. The van der Waals surface area contributed by atoms with Crippen molar-refractivity contribution in [3.63, 3.8) is 0 Å². The number of anilines is 1. The van der Waals surface area contributed by atoms with Crippen molar-refractivity contribution in [3.8, 4) is 0 Å². The Morgan fingerprint density at radius 2 is 2.05 bits per heavy atom. The Morgan fingerprint density at radius 1 is 1.26 bits per heavy atom. The maximum Gasteiger partial charge on any atom is 0.0958 e. The maximum atomic E-state index is 9.80. The number of hydrogen-bond donors (Lipinski definition) is 2. The molecule has 0 saturated heterocycles. The van der Waals surface area contributed by atoms with Gasteiger partial charge in [0, 0.05) is 17.6 Å². The molecule has 0 spiro atoms. The fraction of sp³-hybridized carbons (Fsp3) is 0.533. The van der Waals surface area contributed by atoms with Gasteiger partial charge < -0.3 is 15.4 Å². The second kappa shape index (κ2) is 4.85. The van der Waals surface area contributed by atoms with Gasteiger partial charge in [-0.15, -0.1) is 0 Å². The molecule has 0 unspecified atom stereocenters. The van der Waals surface area contributed by atoms with Crippen LogP contribution >= 0.6 is 0 Å². The molecule has 1 heterocycles. The third-order valence-corrected chi connectivity index (χ3v) is 4.40. The number of benzene rings is 1. The van der Waals surface area contributed by atoms with Crippen LogP contribution in [0.3, 0.4) is 0 Å². The highest BCUT2D eigenvalue weighted by molar-refractivity contribution is 5.78. The molecule has 0 amide bonds. The van der Waals surface area contributed by atoms with Crippen LogP contribution in [0.4, 0.5) is 5.69 Å². The zero-order valence-electron chi connectivity index (χ0n) is 11.2. The molecule has 0 bridgehead atoms. The third kappa shape index (κ3) is 2.32. The molecule has 4 heteroatoms. The summed E-state index contributed by atoms with van der Waals surface area (Å²) in [6, 6.07) is 5.83. The summed E-state index contributed by atoms with van der Waals surface area (Å²) in [7, 11) is 0. The van der Waals surface area contributed by atoms with Gasteiger partial charge in [0.25, 0.3) is 0 Å². The summed E-state index contributed by atoms with van der Waals surface area (Å²) >= 11 is 0. The van der Waals surface area contributed by atoms with Gasteiger partial charge in [-0.3, -0.25) is 0 Å². The molecule has 0 aliphatic heterocycles. The number of nitrogens with two attached hydrogens (primary N) is 1. The quantitative estimate of drug-likeness (QED) is 0.833. The van der Waals surface area contributed by atoms with E-state index in [0.29, 0.717) is 0 Å². The van der Waals surface area contributed by atoms with E-state index in [1.807, 2.05) is 24.5 Å². The van der Waals surface area contributed by atoms with E-state index in [4.69, 9.17) is 5.73 Å². The average molecular weight is 259 g/mol. The third-order valence-electron chi connectivity index (χ3n) is 4.40. The summed E-state index contributed by atoms with van der Waals surface area (Å²) < 4.78 is 2.16. The molecule has 1 aliphatic rings. The number of nitrogen functional groups attached to an aromatic ring is 1. The van der Waals surface area contributed by atoms with Gasteiger partial charge in [0.2, 0.25) is 0 Å². The zero-order chi connectivity index (χ0) is 13.3. The van der Waals surface area contributed by atoms with Crippen LogP contribution in [0.1, 0.15) is 32.1 Å². The lowest BCUT2D eigenvalue weighted by molar-refractivity contribution is 0.0657. The van der Waals surface area contributed by atoms with Crippen molar-refractivity contribution in [1.29, 1.82) is 0 Å². The van der Waals surface area contributed by atoms with E-state index in [-0.39, 0.29) is 12.0 Å². The first-order valence-corrected chi connectivity index (χ1v) is 7.04. The lowest BCUT2D eigenvalue weighted by atomic mass is 9.74. The Morgan fingerprint density at radius 3 is 2.79 bits per heavy atom. The molecular weight excluding hydrogens is 238 g/mol. The van der Waals surface area contributed by atoms with Crippen molar-refractivity contribution in [2.75, 3.05) is 12.3 Å². The predicted octanol–water partition coefficient (Wildman–Crippen LogP) is 2.56. The molecule has 1 saturated carbocycles. The van der Waals surface area contributed by atoms with Crippen LogP contribution in [0.5, 0.6) is 0 Å². The number of fused-ring (bicyclic) bond motifs is 1. The molecule has 4 nitrogen and oxygen atoms in total. The standard InChI is InChI=1S/C15H21N3O/c16-12-4-5-14-13(8-12)17-11-18(14)9-15(10-19)6-2-1-3-7-15/h4-5,8,11,19H,1-3,6-7,9-10,16H2. The first-order valence-electron chi connectivity index (χ1n) is 7.04. The largest absolute Gasteiger partial charge is 0.399 e. The molecule has 1 aliphatic carbocycles. The maximum absolute atomic E-state index is 9.80. The Labute approximate surface area is 113 Å². The van der Waals surface area contributed by atoms with E-state index < -0.39 is 0 Å². The van der Waals surface area contributed by atoms with Crippen LogP contribution in [-0.2, 0) is 6.54 Å². The molecule has 1 fully saturated rings. The minimum absolute atomic E-state index is 0.0350.